The zero-order chi connectivity index (χ0) is 7.98. The van der Waals surface area contributed by atoms with Crippen LogP contribution >= 0.6 is 0 Å². The minimum absolute atomic E-state index is 0.259. The molecule has 0 saturated carbocycles. The molecule has 0 aromatic rings. The van der Waals surface area contributed by atoms with E-state index >= 15 is 0 Å². The maximum atomic E-state index is 10.3. The predicted molar refractivity (Wildman–Crippen MR) is 31.9 cm³/mol. The third kappa shape index (κ3) is 4.48. The Morgan fingerprint density at radius 3 is 2.70 bits per heavy atom. The van der Waals surface area contributed by atoms with Gasteiger partial charge in [-0.15, -0.1) is 0 Å². The fourth-order valence-electron chi connectivity index (χ4n) is 0.272. The van der Waals surface area contributed by atoms with Crippen LogP contribution in [0.15, 0.2) is 0 Å². The van der Waals surface area contributed by atoms with Gasteiger partial charge in [0.25, 0.3) is 0 Å². The Balaban J connectivity index is 3.60. The monoisotopic (exact) mass is 142 g/mol. The van der Waals surface area contributed by atoms with Gasteiger partial charge >= 0.3 is 12.1 Å². The maximum absolute atomic E-state index is 10.3. The first-order valence-corrected chi connectivity index (χ1v) is 2.40. The van der Waals surface area contributed by atoms with E-state index in [4.69, 9.17) is 5.53 Å². The first-order chi connectivity index (χ1) is 4.66. The van der Waals surface area contributed by atoms with Crippen molar-refractivity contribution < 1.29 is 14.4 Å². The molecule has 6 nitrogen and oxygen atoms in total. The Morgan fingerprint density at radius 2 is 2.30 bits per heavy atom. The molecule has 0 spiro atoms. The summed E-state index contributed by atoms with van der Waals surface area (Å²) < 4.78 is 0. The molecule has 0 heterocycles. The summed E-state index contributed by atoms with van der Waals surface area (Å²) >= 11 is 0. The molecule has 0 saturated heterocycles. The Bertz CT molecular complexity index is 193. The first-order valence-electron chi connectivity index (χ1n) is 2.40. The molecular weight excluding hydrogens is 136 g/mol. The molecule has 0 aromatic heterocycles. The molecule has 54 valence electrons. The Morgan fingerprint density at radius 1 is 1.70 bits per heavy atom. The standard InChI is InChI=1S/C4H6N4O2/c5-3(9)1-7-4(10)2-8-6/h2H,1H2,(H2,5,9)(H,7,10). The van der Waals surface area contributed by atoms with E-state index in [1.807, 2.05) is 0 Å². The molecular formula is C4H6N4O2. The second kappa shape index (κ2) is 4.22. The van der Waals surface area contributed by atoms with Crippen LogP contribution < -0.4 is 11.1 Å². The number of primary amides is 1. The zero-order valence-corrected chi connectivity index (χ0v) is 5.07. The van der Waals surface area contributed by atoms with Crippen LogP contribution in [0.2, 0.25) is 0 Å². The lowest BCUT2D eigenvalue weighted by molar-refractivity contribution is -0.122. The minimum Gasteiger partial charge on any atom is -0.368 e. The average molecular weight is 142 g/mol. The predicted octanol–water partition coefficient (Wildman–Crippen LogP) is -2.11. The molecule has 0 unspecified atom stereocenters. The van der Waals surface area contributed by atoms with E-state index in [1.165, 1.54) is 0 Å². The summed E-state index contributed by atoms with van der Waals surface area (Å²) in [5.74, 6) is -1.32. The van der Waals surface area contributed by atoms with E-state index in [0.717, 1.165) is 0 Å². The summed E-state index contributed by atoms with van der Waals surface area (Å²) in [5.41, 5.74) is 12.5. The molecule has 0 bridgehead atoms. The third-order valence-corrected chi connectivity index (χ3v) is 0.612. The highest BCUT2D eigenvalue weighted by Crippen LogP contribution is 1.56. The smallest absolute Gasteiger partial charge is 0.344 e. The molecule has 0 rings (SSSR count). The van der Waals surface area contributed by atoms with E-state index in [9.17, 15) is 9.59 Å². The number of hydrogen-bond donors (Lipinski definition) is 2. The maximum Gasteiger partial charge on any atom is 0.344 e. The highest BCUT2D eigenvalue weighted by Gasteiger charge is 2.01. The molecule has 0 aromatic carbocycles. The molecule has 0 fully saturated rings. The number of nitrogens with one attached hydrogen (secondary N) is 1. The van der Waals surface area contributed by atoms with Crippen LogP contribution in [0.25, 0.3) is 5.53 Å². The minimum atomic E-state index is -0.665. The van der Waals surface area contributed by atoms with Crippen molar-refractivity contribution in [2.45, 2.75) is 0 Å². The van der Waals surface area contributed by atoms with Gasteiger partial charge in [0, 0.05) is 0 Å². The Hall–Kier alpha value is -1.68. The van der Waals surface area contributed by atoms with Crippen LogP contribution in [0.1, 0.15) is 0 Å². The van der Waals surface area contributed by atoms with Gasteiger partial charge in [-0.1, -0.05) is 0 Å². The van der Waals surface area contributed by atoms with Crippen molar-refractivity contribution in [1.29, 1.82) is 0 Å². The van der Waals surface area contributed by atoms with Gasteiger partial charge in [-0.3, -0.25) is 9.59 Å². The number of rotatable bonds is 3. The van der Waals surface area contributed by atoms with Gasteiger partial charge in [0.1, 0.15) is 0 Å². The molecule has 3 N–H and O–H groups in total. The summed E-state index contributed by atoms with van der Waals surface area (Å²) in [6.07, 6.45) is 0.628. The Kier molecular flexibility index (Phi) is 3.51. The highest BCUT2D eigenvalue weighted by molar-refractivity contribution is 6.24. The number of amides is 2. The second-order valence-corrected chi connectivity index (χ2v) is 1.43. The molecule has 0 aliphatic heterocycles. The van der Waals surface area contributed by atoms with Crippen LogP contribution in [-0.2, 0) is 9.59 Å². The normalized spacial score (nSPS) is 7.60. The second-order valence-electron chi connectivity index (χ2n) is 1.43. The lowest BCUT2D eigenvalue weighted by atomic mass is 10.5. The number of carbonyl (C=O) groups is 2. The first kappa shape index (κ1) is 8.32. The Labute approximate surface area is 56.6 Å². The summed E-state index contributed by atoms with van der Waals surface area (Å²) in [4.78, 5) is 22.8. The third-order valence-electron chi connectivity index (χ3n) is 0.612. The van der Waals surface area contributed by atoms with Crippen molar-refractivity contribution in [2.24, 2.45) is 5.73 Å². The summed E-state index contributed by atoms with van der Waals surface area (Å²) in [6, 6.07) is 0. The van der Waals surface area contributed by atoms with Crippen molar-refractivity contribution in [1.82, 2.24) is 5.32 Å². The summed E-state index contributed by atoms with van der Waals surface area (Å²) in [7, 11) is 0. The van der Waals surface area contributed by atoms with E-state index in [-0.39, 0.29) is 6.54 Å². The van der Waals surface area contributed by atoms with Crippen LogP contribution in [0, 0.1) is 0 Å². The van der Waals surface area contributed by atoms with E-state index in [2.05, 4.69) is 15.8 Å². The molecule has 0 aliphatic rings. The van der Waals surface area contributed by atoms with Gasteiger partial charge in [0.15, 0.2) is 0 Å². The summed E-state index contributed by atoms with van der Waals surface area (Å²) in [6.45, 7) is -0.259. The number of carbonyl (C=O) groups excluding carboxylic acids is 2. The quantitative estimate of drug-likeness (QED) is 0.267. The van der Waals surface area contributed by atoms with Crippen molar-refractivity contribution >= 4 is 18.0 Å². The average Bonchev–Trinajstić information content (AvgIpc) is 1.85. The number of nitrogens with two attached hydrogens (primary N) is 1. The summed E-state index contributed by atoms with van der Waals surface area (Å²) in [5, 5.41) is 2.06. The van der Waals surface area contributed by atoms with Gasteiger partial charge in [-0.05, 0) is 0 Å². The topological polar surface area (TPSA) is 109 Å². The van der Waals surface area contributed by atoms with E-state index in [1.54, 1.807) is 0 Å². The molecule has 0 aliphatic carbocycles. The number of nitrogens with zero attached hydrogens (tertiary/aromatic N) is 2. The van der Waals surface area contributed by atoms with Crippen molar-refractivity contribution in [2.75, 3.05) is 6.54 Å². The van der Waals surface area contributed by atoms with Crippen LogP contribution in [0.4, 0.5) is 0 Å². The highest BCUT2D eigenvalue weighted by atomic mass is 16.2. The lowest BCUT2D eigenvalue weighted by Gasteiger charge is -1.91. The van der Waals surface area contributed by atoms with E-state index in [0.29, 0.717) is 6.21 Å². The zero-order valence-electron chi connectivity index (χ0n) is 5.07. The molecule has 0 atom stereocenters. The van der Waals surface area contributed by atoms with Gasteiger partial charge in [-0.25, -0.2) is 0 Å². The SMILES string of the molecule is [N-]=[N+]=CC(=O)NCC(N)=O. The van der Waals surface area contributed by atoms with Gasteiger partial charge in [-0.2, -0.15) is 4.79 Å². The molecule has 6 heteroatoms. The van der Waals surface area contributed by atoms with Gasteiger partial charge in [0.05, 0.1) is 6.54 Å². The fraction of sp³-hybridized carbons (Fsp3) is 0.250. The fourth-order valence-corrected chi connectivity index (χ4v) is 0.272. The van der Waals surface area contributed by atoms with Crippen LogP contribution in [0.3, 0.4) is 0 Å². The lowest BCUT2D eigenvalue weighted by Crippen LogP contribution is -2.33. The van der Waals surface area contributed by atoms with Crippen LogP contribution in [0.5, 0.6) is 0 Å². The van der Waals surface area contributed by atoms with Gasteiger partial charge in [0.2, 0.25) is 5.91 Å². The largest absolute Gasteiger partial charge is 0.368 e. The molecule has 2 amide bonds. The number of hydrogen-bond acceptors (Lipinski definition) is 2. The molecule has 0 radical (unpaired) electrons. The van der Waals surface area contributed by atoms with Crippen molar-refractivity contribution in [3.63, 3.8) is 0 Å². The molecule has 10 heavy (non-hydrogen) atoms. The van der Waals surface area contributed by atoms with E-state index < -0.39 is 11.8 Å². The van der Waals surface area contributed by atoms with Crippen molar-refractivity contribution in [3.05, 3.63) is 5.53 Å². The van der Waals surface area contributed by atoms with Crippen LogP contribution in [-0.4, -0.2) is 29.4 Å². The van der Waals surface area contributed by atoms with Crippen molar-refractivity contribution in [3.8, 4) is 0 Å². The van der Waals surface area contributed by atoms with Gasteiger partial charge < -0.3 is 16.6 Å².